The van der Waals surface area contributed by atoms with Crippen molar-refractivity contribution in [2.45, 2.75) is 32.4 Å². The zero-order chi connectivity index (χ0) is 25.5. The summed E-state index contributed by atoms with van der Waals surface area (Å²) in [7, 11) is 3.20. The van der Waals surface area contributed by atoms with E-state index in [4.69, 9.17) is 14.2 Å². The van der Waals surface area contributed by atoms with Crippen LogP contribution in [0.25, 0.3) is 0 Å². The average molecular weight is 490 g/mol. The number of fused-ring (bicyclic) bond motifs is 1. The molecule has 0 aliphatic carbocycles. The van der Waals surface area contributed by atoms with Crippen LogP contribution in [-0.2, 0) is 17.8 Å². The first-order valence-electron chi connectivity index (χ1n) is 11.9. The minimum absolute atomic E-state index is 0.0505. The van der Waals surface area contributed by atoms with Gasteiger partial charge in [-0.3, -0.25) is 4.79 Å². The predicted octanol–water partition coefficient (Wildman–Crippen LogP) is 5.09. The van der Waals surface area contributed by atoms with Crippen molar-refractivity contribution in [3.05, 3.63) is 77.9 Å². The lowest BCUT2D eigenvalue weighted by molar-refractivity contribution is -0.138. The number of hydrogen-bond acceptors (Lipinski definition) is 5. The summed E-state index contributed by atoms with van der Waals surface area (Å²) in [6.45, 7) is 2.83. The Morgan fingerprint density at radius 1 is 0.972 bits per heavy atom. The van der Waals surface area contributed by atoms with Crippen LogP contribution in [-0.4, -0.2) is 43.7 Å². The minimum atomic E-state index is -0.558. The van der Waals surface area contributed by atoms with Crippen molar-refractivity contribution in [1.29, 1.82) is 0 Å². The van der Waals surface area contributed by atoms with E-state index in [1.54, 1.807) is 26.4 Å². The molecule has 8 nitrogen and oxygen atoms in total. The van der Waals surface area contributed by atoms with Crippen molar-refractivity contribution >= 4 is 23.3 Å². The Hall–Kier alpha value is -4.20. The summed E-state index contributed by atoms with van der Waals surface area (Å²) in [5.74, 6) is 1.92. The monoisotopic (exact) mass is 489 g/mol. The smallest absolute Gasteiger partial charge is 0.323 e. The number of methoxy groups -OCH3 is 2. The molecule has 1 unspecified atom stereocenters. The number of nitrogens with one attached hydrogen (secondary N) is 2. The lowest BCUT2D eigenvalue weighted by atomic mass is 10.1. The maximum absolute atomic E-state index is 13.2. The van der Waals surface area contributed by atoms with E-state index in [2.05, 4.69) is 10.6 Å². The Labute approximate surface area is 211 Å². The number of benzene rings is 3. The Morgan fingerprint density at radius 2 is 1.72 bits per heavy atom. The minimum Gasteiger partial charge on any atom is -0.493 e. The largest absolute Gasteiger partial charge is 0.493 e. The van der Waals surface area contributed by atoms with E-state index in [9.17, 15) is 9.59 Å². The molecule has 8 heteroatoms. The Kier molecular flexibility index (Phi) is 7.95. The van der Waals surface area contributed by atoms with Crippen molar-refractivity contribution in [2.75, 3.05) is 31.4 Å². The predicted molar refractivity (Wildman–Crippen MR) is 139 cm³/mol. The van der Waals surface area contributed by atoms with Gasteiger partial charge in [-0.1, -0.05) is 31.2 Å². The molecule has 2 N–H and O–H groups in total. The molecule has 0 bridgehead atoms. The molecule has 1 atom stereocenters. The lowest BCUT2D eigenvalue weighted by Gasteiger charge is -2.23. The SMILES string of the molecule is CCC1Oc2ccc(NC(=O)Nc3ccccc3)cc2CN(CCc2ccc(OC)c(OC)c2)C1=O. The molecular weight excluding hydrogens is 458 g/mol. The van der Waals surface area contributed by atoms with Crippen LogP contribution in [0.3, 0.4) is 0 Å². The first-order chi connectivity index (χ1) is 17.5. The van der Waals surface area contributed by atoms with Crippen LogP contribution in [0, 0.1) is 0 Å². The molecule has 0 saturated carbocycles. The highest BCUT2D eigenvalue weighted by Gasteiger charge is 2.30. The molecular formula is C28H31N3O5. The molecule has 1 aliphatic rings. The molecule has 3 amide bonds. The van der Waals surface area contributed by atoms with Crippen molar-refractivity contribution < 1.29 is 23.8 Å². The first kappa shape index (κ1) is 24.9. The summed E-state index contributed by atoms with van der Waals surface area (Å²) >= 11 is 0. The molecule has 0 spiro atoms. The van der Waals surface area contributed by atoms with E-state index in [-0.39, 0.29) is 11.9 Å². The second kappa shape index (κ2) is 11.5. The average Bonchev–Trinajstić information content (AvgIpc) is 3.03. The van der Waals surface area contributed by atoms with E-state index in [1.807, 2.05) is 66.4 Å². The topological polar surface area (TPSA) is 89.1 Å². The van der Waals surface area contributed by atoms with Crippen LogP contribution < -0.4 is 24.8 Å². The van der Waals surface area contributed by atoms with Gasteiger partial charge in [0.2, 0.25) is 0 Å². The van der Waals surface area contributed by atoms with Crippen molar-refractivity contribution in [1.82, 2.24) is 4.90 Å². The number of amides is 3. The molecule has 0 saturated heterocycles. The number of carbonyl (C=O) groups is 2. The molecule has 0 radical (unpaired) electrons. The van der Waals surface area contributed by atoms with Gasteiger partial charge in [0.25, 0.3) is 5.91 Å². The molecule has 36 heavy (non-hydrogen) atoms. The third-order valence-corrected chi connectivity index (χ3v) is 6.06. The summed E-state index contributed by atoms with van der Waals surface area (Å²) in [5, 5.41) is 5.66. The van der Waals surface area contributed by atoms with Crippen molar-refractivity contribution in [2.24, 2.45) is 0 Å². The number of carbonyl (C=O) groups excluding carboxylic acids is 2. The summed E-state index contributed by atoms with van der Waals surface area (Å²) < 4.78 is 16.8. The van der Waals surface area contributed by atoms with Gasteiger partial charge in [0, 0.05) is 30.0 Å². The van der Waals surface area contributed by atoms with Crippen LogP contribution >= 0.6 is 0 Å². The lowest BCUT2D eigenvalue weighted by Crippen LogP contribution is -2.40. The molecule has 3 aromatic rings. The first-order valence-corrected chi connectivity index (χ1v) is 11.9. The second-order valence-corrected chi connectivity index (χ2v) is 8.48. The van der Waals surface area contributed by atoms with Gasteiger partial charge in [-0.15, -0.1) is 0 Å². The zero-order valence-electron chi connectivity index (χ0n) is 20.7. The highest BCUT2D eigenvalue weighted by Crippen LogP contribution is 2.31. The van der Waals surface area contributed by atoms with Crippen molar-refractivity contribution in [3.8, 4) is 17.2 Å². The normalized spacial score (nSPS) is 14.8. The molecule has 1 heterocycles. The summed E-state index contributed by atoms with van der Waals surface area (Å²) in [6.07, 6.45) is 0.650. The number of nitrogens with zero attached hydrogens (tertiary/aromatic N) is 1. The van der Waals surface area contributed by atoms with Crippen LogP contribution in [0.15, 0.2) is 66.7 Å². The summed E-state index contributed by atoms with van der Waals surface area (Å²) in [5.41, 5.74) is 3.19. The summed E-state index contributed by atoms with van der Waals surface area (Å²) in [4.78, 5) is 27.5. The number of para-hydroxylation sites is 1. The molecule has 4 rings (SSSR count). The Morgan fingerprint density at radius 3 is 2.44 bits per heavy atom. The Balaban J connectivity index is 1.49. The van der Waals surface area contributed by atoms with E-state index >= 15 is 0 Å². The number of hydrogen-bond donors (Lipinski definition) is 2. The van der Waals surface area contributed by atoms with Crippen LogP contribution in [0.4, 0.5) is 16.2 Å². The standard InChI is InChI=1S/C28H31N3O5/c1-4-23-27(32)31(15-14-19-10-12-25(34-2)26(16-19)35-3)18-20-17-22(11-13-24(20)36-23)30-28(33)29-21-8-6-5-7-9-21/h5-13,16-17,23H,4,14-15,18H2,1-3H3,(H2,29,30,33). The quantitative estimate of drug-likeness (QED) is 0.460. The van der Waals surface area contributed by atoms with Crippen molar-refractivity contribution in [3.63, 3.8) is 0 Å². The van der Waals surface area contributed by atoms with E-state index in [1.165, 1.54) is 0 Å². The Bertz CT molecular complexity index is 1220. The second-order valence-electron chi connectivity index (χ2n) is 8.48. The van der Waals surface area contributed by atoms with E-state index < -0.39 is 6.10 Å². The maximum atomic E-state index is 13.2. The van der Waals surface area contributed by atoms with Gasteiger partial charge in [0.1, 0.15) is 5.75 Å². The molecule has 0 fully saturated rings. The number of ether oxygens (including phenoxy) is 3. The van der Waals surface area contributed by atoms with Gasteiger partial charge >= 0.3 is 6.03 Å². The zero-order valence-corrected chi connectivity index (χ0v) is 20.7. The number of urea groups is 1. The van der Waals surface area contributed by atoms with Gasteiger partial charge in [0.05, 0.1) is 14.2 Å². The maximum Gasteiger partial charge on any atom is 0.323 e. The van der Waals surface area contributed by atoms with Gasteiger partial charge in [-0.05, 0) is 60.9 Å². The van der Waals surface area contributed by atoms with E-state index in [0.29, 0.717) is 54.6 Å². The van der Waals surface area contributed by atoms with E-state index in [0.717, 1.165) is 11.1 Å². The third kappa shape index (κ3) is 5.89. The van der Waals surface area contributed by atoms with Gasteiger partial charge in [0.15, 0.2) is 17.6 Å². The summed E-state index contributed by atoms with van der Waals surface area (Å²) in [6, 6.07) is 20.1. The highest BCUT2D eigenvalue weighted by molar-refractivity contribution is 5.99. The molecule has 188 valence electrons. The fraction of sp³-hybridized carbons (Fsp3) is 0.286. The van der Waals surface area contributed by atoms with Gasteiger partial charge in [-0.2, -0.15) is 0 Å². The molecule has 3 aromatic carbocycles. The van der Waals surface area contributed by atoms with Gasteiger partial charge < -0.3 is 29.7 Å². The van der Waals surface area contributed by atoms with Crippen LogP contribution in [0.1, 0.15) is 24.5 Å². The fourth-order valence-corrected chi connectivity index (χ4v) is 4.15. The number of anilines is 2. The van der Waals surface area contributed by atoms with Crippen LogP contribution in [0.5, 0.6) is 17.2 Å². The van der Waals surface area contributed by atoms with Crippen LogP contribution in [0.2, 0.25) is 0 Å². The highest BCUT2D eigenvalue weighted by atomic mass is 16.5. The molecule has 0 aromatic heterocycles. The fourth-order valence-electron chi connectivity index (χ4n) is 4.15. The van der Waals surface area contributed by atoms with Gasteiger partial charge in [-0.25, -0.2) is 4.79 Å². The number of rotatable bonds is 8. The third-order valence-electron chi connectivity index (χ3n) is 6.06. The molecule has 1 aliphatic heterocycles.